The van der Waals surface area contributed by atoms with Crippen LogP contribution in [0.4, 0.5) is 6.01 Å². The van der Waals surface area contributed by atoms with Crippen LogP contribution in [0, 0.1) is 0 Å². The summed E-state index contributed by atoms with van der Waals surface area (Å²) in [6, 6.07) is 23.7. The van der Waals surface area contributed by atoms with Crippen molar-refractivity contribution in [2.24, 2.45) is 4.99 Å². The van der Waals surface area contributed by atoms with E-state index >= 15 is 0 Å². The molecule has 4 heterocycles. The third kappa shape index (κ3) is 3.70. The van der Waals surface area contributed by atoms with Crippen molar-refractivity contribution in [2.45, 2.75) is 12.6 Å². The minimum atomic E-state index is -0.843. The molecule has 1 unspecified atom stereocenters. The number of aliphatic imine (C=N–C) groups is 1. The lowest BCUT2D eigenvalue weighted by Crippen LogP contribution is -2.29. The maximum absolute atomic E-state index is 13.1. The van der Waals surface area contributed by atoms with Crippen LogP contribution in [0.15, 0.2) is 88.4 Å². The SMILES string of the molecule is O=C1Cc2ccccc2C(c2ccccc2)=NC1Nc1nnc(-c2cc3cccnc3s2)o1. The van der Waals surface area contributed by atoms with Gasteiger partial charge in [-0.3, -0.25) is 9.79 Å². The maximum atomic E-state index is 13.1. The summed E-state index contributed by atoms with van der Waals surface area (Å²) in [5.41, 5.74) is 3.59. The number of carbonyl (C=O) groups is 1. The van der Waals surface area contributed by atoms with Gasteiger partial charge < -0.3 is 9.73 Å². The zero-order valence-electron chi connectivity index (χ0n) is 17.3. The summed E-state index contributed by atoms with van der Waals surface area (Å²) >= 11 is 1.47. The van der Waals surface area contributed by atoms with Crippen LogP contribution in [-0.4, -0.2) is 32.8 Å². The molecule has 6 rings (SSSR count). The fraction of sp³-hybridized carbons (Fsp3) is 0.0800. The van der Waals surface area contributed by atoms with E-state index in [1.54, 1.807) is 6.20 Å². The summed E-state index contributed by atoms with van der Waals surface area (Å²) < 4.78 is 5.84. The van der Waals surface area contributed by atoms with Crippen molar-refractivity contribution in [3.05, 3.63) is 95.7 Å². The predicted octanol–water partition coefficient (Wildman–Crippen LogP) is 4.75. The van der Waals surface area contributed by atoms with E-state index in [1.165, 1.54) is 11.3 Å². The maximum Gasteiger partial charge on any atom is 0.317 e. The van der Waals surface area contributed by atoms with Gasteiger partial charge in [-0.2, -0.15) is 0 Å². The molecule has 0 spiro atoms. The van der Waals surface area contributed by atoms with Crippen molar-refractivity contribution < 1.29 is 9.21 Å². The van der Waals surface area contributed by atoms with E-state index < -0.39 is 6.17 Å². The molecule has 160 valence electrons. The highest BCUT2D eigenvalue weighted by molar-refractivity contribution is 7.21. The second-order valence-electron chi connectivity index (χ2n) is 7.61. The van der Waals surface area contributed by atoms with Crippen molar-refractivity contribution in [3.63, 3.8) is 0 Å². The molecule has 7 nitrogen and oxygen atoms in total. The number of benzene rings is 2. The summed E-state index contributed by atoms with van der Waals surface area (Å²) in [6.45, 7) is 0. The lowest BCUT2D eigenvalue weighted by molar-refractivity contribution is -0.119. The number of Topliss-reactive ketones (excluding diaryl/α,β-unsaturated/α-hetero) is 1. The Bertz CT molecular complexity index is 1470. The van der Waals surface area contributed by atoms with Gasteiger partial charge in [-0.15, -0.1) is 16.4 Å². The largest absolute Gasteiger partial charge is 0.402 e. The Labute approximate surface area is 192 Å². The summed E-state index contributed by atoms with van der Waals surface area (Å²) in [5.74, 6) is 0.302. The highest BCUT2D eigenvalue weighted by Gasteiger charge is 2.27. The van der Waals surface area contributed by atoms with E-state index in [9.17, 15) is 4.79 Å². The first kappa shape index (κ1) is 19.5. The van der Waals surface area contributed by atoms with Gasteiger partial charge in [0.1, 0.15) is 4.83 Å². The number of fused-ring (bicyclic) bond motifs is 2. The molecule has 1 aliphatic rings. The van der Waals surface area contributed by atoms with Crippen LogP contribution < -0.4 is 5.32 Å². The van der Waals surface area contributed by atoms with Crippen LogP contribution in [-0.2, 0) is 11.2 Å². The second kappa shape index (κ2) is 8.07. The molecule has 0 bridgehead atoms. The molecular weight excluding hydrogens is 434 g/mol. The van der Waals surface area contributed by atoms with Gasteiger partial charge in [-0.1, -0.05) is 65.8 Å². The van der Waals surface area contributed by atoms with Gasteiger partial charge >= 0.3 is 6.01 Å². The zero-order valence-corrected chi connectivity index (χ0v) is 18.1. The lowest BCUT2D eigenvalue weighted by atomic mass is 9.96. The topological polar surface area (TPSA) is 93.3 Å². The molecule has 5 aromatic rings. The van der Waals surface area contributed by atoms with E-state index in [0.29, 0.717) is 5.89 Å². The molecule has 2 aromatic carbocycles. The number of thiophene rings is 1. The Morgan fingerprint density at radius 2 is 1.82 bits per heavy atom. The molecular formula is C25H17N5O2S. The Morgan fingerprint density at radius 3 is 2.70 bits per heavy atom. The molecule has 0 fully saturated rings. The number of hydrogen-bond donors (Lipinski definition) is 1. The van der Waals surface area contributed by atoms with Crippen molar-refractivity contribution in [1.82, 2.24) is 15.2 Å². The van der Waals surface area contributed by atoms with Gasteiger partial charge in [-0.05, 0) is 17.7 Å². The Hall–Kier alpha value is -4.17. The van der Waals surface area contributed by atoms with Gasteiger partial charge in [0, 0.05) is 29.1 Å². The standard InChI is InChI=1S/C25H17N5O2S/c31-19-13-16-9-4-5-11-18(16)21(15-7-2-1-3-8-15)27-22(19)28-25-30-29-23(32-25)20-14-17-10-6-12-26-24(17)33-20/h1-12,14,22H,13H2,(H,28,30). The first-order chi connectivity index (χ1) is 16.2. The van der Waals surface area contributed by atoms with E-state index in [2.05, 4.69) is 20.5 Å². The molecule has 8 heteroatoms. The molecule has 0 amide bonds. The van der Waals surface area contributed by atoms with Crippen molar-refractivity contribution in [1.29, 1.82) is 0 Å². The number of ketones is 1. The monoisotopic (exact) mass is 451 g/mol. The van der Waals surface area contributed by atoms with E-state index in [1.807, 2.05) is 72.8 Å². The molecule has 0 aliphatic carbocycles. The Morgan fingerprint density at radius 1 is 0.970 bits per heavy atom. The summed E-state index contributed by atoms with van der Waals surface area (Å²) in [7, 11) is 0. The van der Waals surface area contributed by atoms with Crippen molar-refractivity contribution in [2.75, 3.05) is 5.32 Å². The van der Waals surface area contributed by atoms with Crippen LogP contribution in [0.1, 0.15) is 16.7 Å². The number of nitrogens with one attached hydrogen (secondary N) is 1. The van der Waals surface area contributed by atoms with Crippen LogP contribution >= 0.6 is 11.3 Å². The van der Waals surface area contributed by atoms with Gasteiger partial charge in [0.25, 0.3) is 5.89 Å². The normalized spacial score (nSPS) is 15.7. The number of pyridine rings is 1. The molecule has 3 aromatic heterocycles. The first-order valence-corrected chi connectivity index (χ1v) is 11.3. The molecule has 1 aliphatic heterocycles. The third-order valence-corrected chi connectivity index (χ3v) is 6.48. The van der Waals surface area contributed by atoms with Crippen LogP contribution in [0.3, 0.4) is 0 Å². The van der Waals surface area contributed by atoms with Gasteiger partial charge in [0.2, 0.25) is 0 Å². The van der Waals surface area contributed by atoms with Crippen molar-refractivity contribution >= 4 is 39.1 Å². The van der Waals surface area contributed by atoms with Crippen molar-refractivity contribution in [3.8, 4) is 10.8 Å². The van der Waals surface area contributed by atoms with Gasteiger partial charge in [-0.25, -0.2) is 4.98 Å². The minimum absolute atomic E-state index is 0.0702. The van der Waals surface area contributed by atoms with E-state index in [0.717, 1.165) is 37.5 Å². The van der Waals surface area contributed by atoms with Crippen LogP contribution in [0.2, 0.25) is 0 Å². The smallest absolute Gasteiger partial charge is 0.317 e. The molecule has 0 saturated heterocycles. The lowest BCUT2D eigenvalue weighted by Gasteiger charge is -2.11. The van der Waals surface area contributed by atoms with Crippen LogP contribution in [0.5, 0.6) is 0 Å². The Kier molecular flexibility index (Phi) is 4.77. The van der Waals surface area contributed by atoms with Gasteiger partial charge in [0.15, 0.2) is 11.9 Å². The average Bonchev–Trinajstić information content (AvgIpc) is 3.46. The number of nitrogens with zero attached hydrogens (tertiary/aromatic N) is 4. The fourth-order valence-electron chi connectivity index (χ4n) is 3.88. The highest BCUT2D eigenvalue weighted by atomic mass is 32.1. The van der Waals surface area contributed by atoms with Crippen LogP contribution in [0.25, 0.3) is 21.0 Å². The Balaban J connectivity index is 1.35. The number of hydrogen-bond acceptors (Lipinski definition) is 8. The van der Waals surface area contributed by atoms with E-state index in [-0.39, 0.29) is 18.2 Å². The van der Waals surface area contributed by atoms with E-state index in [4.69, 9.17) is 9.41 Å². The summed E-state index contributed by atoms with van der Waals surface area (Å²) in [6.07, 6.45) is 1.17. The summed E-state index contributed by atoms with van der Waals surface area (Å²) in [5, 5.41) is 12.3. The predicted molar refractivity (Wildman–Crippen MR) is 128 cm³/mol. The van der Waals surface area contributed by atoms with Gasteiger partial charge in [0.05, 0.1) is 10.6 Å². The fourth-order valence-corrected chi connectivity index (χ4v) is 4.80. The quantitative estimate of drug-likeness (QED) is 0.424. The zero-order chi connectivity index (χ0) is 22.2. The highest BCUT2D eigenvalue weighted by Crippen LogP contribution is 2.32. The number of rotatable bonds is 4. The number of anilines is 1. The number of aromatic nitrogens is 3. The summed E-state index contributed by atoms with van der Waals surface area (Å²) in [4.78, 5) is 24.0. The first-order valence-electron chi connectivity index (χ1n) is 10.4. The third-order valence-electron chi connectivity index (χ3n) is 5.44. The second-order valence-corrected chi connectivity index (χ2v) is 8.64. The molecule has 1 atom stereocenters. The molecule has 33 heavy (non-hydrogen) atoms. The average molecular weight is 452 g/mol. The molecule has 0 radical (unpaired) electrons. The molecule has 0 saturated carbocycles. The number of carbonyl (C=O) groups excluding carboxylic acids is 1. The molecule has 1 N–H and O–H groups in total. The minimum Gasteiger partial charge on any atom is -0.402 e.